The van der Waals surface area contributed by atoms with Crippen molar-refractivity contribution in [2.24, 2.45) is 0 Å². The zero-order valence-corrected chi connectivity index (χ0v) is 18.9. The van der Waals surface area contributed by atoms with Crippen LogP contribution in [0.15, 0.2) is 65.6 Å². The molecule has 3 rings (SSSR count). The van der Waals surface area contributed by atoms with Gasteiger partial charge in [-0.3, -0.25) is 9.59 Å². The van der Waals surface area contributed by atoms with Crippen LogP contribution in [0, 0.1) is 6.92 Å². The molecule has 0 heterocycles. The molecule has 3 aromatic carbocycles. The predicted molar refractivity (Wildman–Crippen MR) is 123 cm³/mol. The maximum Gasteiger partial charge on any atom is 0.255 e. The molecule has 0 atom stereocenters. The molecular formula is C22H18Cl2N2O4S. The first-order chi connectivity index (χ1) is 14.5. The maximum absolute atomic E-state index is 12.5. The van der Waals surface area contributed by atoms with Gasteiger partial charge in [0, 0.05) is 23.1 Å². The molecule has 0 aliphatic heterocycles. The van der Waals surface area contributed by atoms with Crippen molar-refractivity contribution in [2.75, 3.05) is 16.9 Å². The fourth-order valence-electron chi connectivity index (χ4n) is 2.71. The summed E-state index contributed by atoms with van der Waals surface area (Å²) in [5.74, 6) is -0.838. The predicted octanol–water partition coefficient (Wildman–Crippen LogP) is 5.21. The Bertz CT molecular complexity index is 1230. The van der Waals surface area contributed by atoms with Crippen LogP contribution >= 0.6 is 23.2 Å². The molecule has 31 heavy (non-hydrogen) atoms. The Labute approximate surface area is 190 Å². The van der Waals surface area contributed by atoms with Gasteiger partial charge in [-0.05, 0) is 55.5 Å². The number of anilines is 2. The minimum Gasteiger partial charge on any atom is -0.322 e. The first-order valence-corrected chi connectivity index (χ1v) is 11.7. The number of hydrogen-bond donors (Lipinski definition) is 2. The molecule has 0 aliphatic carbocycles. The van der Waals surface area contributed by atoms with Crippen LogP contribution in [-0.4, -0.2) is 26.5 Å². The molecule has 0 unspecified atom stereocenters. The van der Waals surface area contributed by atoms with Crippen molar-refractivity contribution in [1.82, 2.24) is 0 Å². The maximum atomic E-state index is 12.5. The molecular weight excluding hydrogens is 459 g/mol. The highest BCUT2D eigenvalue weighted by Gasteiger charge is 2.16. The lowest BCUT2D eigenvalue weighted by molar-refractivity contribution is 0.101. The lowest BCUT2D eigenvalue weighted by Crippen LogP contribution is -2.14. The van der Waals surface area contributed by atoms with Gasteiger partial charge >= 0.3 is 0 Å². The van der Waals surface area contributed by atoms with Gasteiger partial charge in [0.2, 0.25) is 0 Å². The van der Waals surface area contributed by atoms with Crippen molar-refractivity contribution < 1.29 is 18.0 Å². The first kappa shape index (κ1) is 22.8. The Morgan fingerprint density at radius 3 is 1.71 bits per heavy atom. The molecule has 0 bridgehead atoms. The van der Waals surface area contributed by atoms with Crippen molar-refractivity contribution in [3.05, 3.63) is 87.4 Å². The first-order valence-electron chi connectivity index (χ1n) is 9.03. The number of carbonyl (C=O) groups excluding carboxylic acids is 2. The standard InChI is InChI=1S/C22H18Cl2N2O4S/c1-13-3-5-14(6-4-13)21(27)25-16-11-18(23)20(19(24)12-16)26-22(28)15-7-9-17(10-8-15)31(2,29)30/h3-12H,1-2H3,(H,25,27)(H,26,28). The normalized spacial score (nSPS) is 11.1. The number of amides is 2. The number of aryl methyl sites for hydroxylation is 1. The van der Waals surface area contributed by atoms with E-state index in [-0.39, 0.29) is 32.1 Å². The minimum absolute atomic E-state index is 0.105. The molecule has 160 valence electrons. The second kappa shape index (κ2) is 9.09. The molecule has 0 aromatic heterocycles. The quantitative estimate of drug-likeness (QED) is 0.528. The summed E-state index contributed by atoms with van der Waals surface area (Å²) in [4.78, 5) is 25.0. The third kappa shape index (κ3) is 5.64. The van der Waals surface area contributed by atoms with E-state index in [0.717, 1.165) is 11.8 Å². The number of carbonyl (C=O) groups is 2. The molecule has 0 saturated heterocycles. The van der Waals surface area contributed by atoms with E-state index in [1.807, 2.05) is 19.1 Å². The number of hydrogen-bond acceptors (Lipinski definition) is 4. The van der Waals surface area contributed by atoms with E-state index in [1.165, 1.54) is 36.4 Å². The summed E-state index contributed by atoms with van der Waals surface area (Å²) in [6.45, 7) is 1.92. The largest absolute Gasteiger partial charge is 0.322 e. The number of halogens is 2. The topological polar surface area (TPSA) is 92.3 Å². The number of nitrogens with one attached hydrogen (secondary N) is 2. The number of benzene rings is 3. The molecule has 0 aliphatic rings. The summed E-state index contributed by atoms with van der Waals surface area (Å²) in [6, 6.07) is 15.5. The molecule has 6 nitrogen and oxygen atoms in total. The van der Waals surface area contributed by atoms with Gasteiger partial charge in [0.05, 0.1) is 20.6 Å². The third-order valence-electron chi connectivity index (χ3n) is 4.40. The van der Waals surface area contributed by atoms with Gasteiger partial charge in [-0.25, -0.2) is 8.42 Å². The van der Waals surface area contributed by atoms with Gasteiger partial charge in [-0.15, -0.1) is 0 Å². The van der Waals surface area contributed by atoms with Crippen LogP contribution in [0.1, 0.15) is 26.3 Å². The minimum atomic E-state index is -3.36. The number of rotatable bonds is 5. The van der Waals surface area contributed by atoms with Crippen LogP contribution in [-0.2, 0) is 9.84 Å². The molecule has 0 spiro atoms. The second-order valence-electron chi connectivity index (χ2n) is 6.89. The van der Waals surface area contributed by atoms with Crippen molar-refractivity contribution in [1.29, 1.82) is 0 Å². The Hall–Kier alpha value is -2.87. The van der Waals surface area contributed by atoms with Gasteiger partial charge < -0.3 is 10.6 Å². The van der Waals surface area contributed by atoms with Gasteiger partial charge in [0.1, 0.15) is 0 Å². The Kier molecular flexibility index (Phi) is 6.69. The van der Waals surface area contributed by atoms with Crippen LogP contribution in [0.4, 0.5) is 11.4 Å². The molecule has 2 amide bonds. The van der Waals surface area contributed by atoms with E-state index in [0.29, 0.717) is 11.3 Å². The summed E-state index contributed by atoms with van der Waals surface area (Å²) in [6.07, 6.45) is 1.08. The molecule has 9 heteroatoms. The average Bonchev–Trinajstić information content (AvgIpc) is 2.70. The Morgan fingerprint density at radius 2 is 1.23 bits per heavy atom. The fourth-order valence-corrected chi connectivity index (χ4v) is 3.92. The van der Waals surface area contributed by atoms with Gasteiger partial charge in [0.25, 0.3) is 11.8 Å². The lowest BCUT2D eigenvalue weighted by Gasteiger charge is -2.13. The summed E-state index contributed by atoms with van der Waals surface area (Å²) in [7, 11) is -3.36. The fraction of sp³-hybridized carbons (Fsp3) is 0.0909. The van der Waals surface area contributed by atoms with Crippen molar-refractivity contribution >= 4 is 56.2 Å². The molecule has 0 radical (unpaired) electrons. The zero-order valence-electron chi connectivity index (χ0n) is 16.6. The highest BCUT2D eigenvalue weighted by Crippen LogP contribution is 2.34. The van der Waals surface area contributed by atoms with Crippen molar-refractivity contribution in [2.45, 2.75) is 11.8 Å². The lowest BCUT2D eigenvalue weighted by atomic mass is 10.1. The van der Waals surface area contributed by atoms with Gasteiger partial charge in [-0.1, -0.05) is 40.9 Å². The van der Waals surface area contributed by atoms with E-state index in [4.69, 9.17) is 23.2 Å². The average molecular weight is 477 g/mol. The van der Waals surface area contributed by atoms with E-state index < -0.39 is 15.7 Å². The molecule has 0 fully saturated rings. The van der Waals surface area contributed by atoms with Crippen LogP contribution in [0.25, 0.3) is 0 Å². The monoisotopic (exact) mass is 476 g/mol. The Balaban J connectivity index is 1.76. The smallest absolute Gasteiger partial charge is 0.255 e. The highest BCUT2D eigenvalue weighted by atomic mass is 35.5. The SMILES string of the molecule is Cc1ccc(C(=O)Nc2cc(Cl)c(NC(=O)c3ccc(S(C)(=O)=O)cc3)c(Cl)c2)cc1. The Morgan fingerprint density at radius 1 is 0.774 bits per heavy atom. The summed E-state index contributed by atoms with van der Waals surface area (Å²) in [5.41, 5.74) is 2.29. The van der Waals surface area contributed by atoms with Crippen LogP contribution in [0.3, 0.4) is 0 Å². The van der Waals surface area contributed by atoms with Crippen molar-refractivity contribution in [3.63, 3.8) is 0 Å². The zero-order chi connectivity index (χ0) is 22.8. The summed E-state index contributed by atoms with van der Waals surface area (Å²) in [5, 5.41) is 5.59. The van der Waals surface area contributed by atoms with E-state index >= 15 is 0 Å². The summed E-state index contributed by atoms with van der Waals surface area (Å²) >= 11 is 12.5. The van der Waals surface area contributed by atoms with Gasteiger partial charge in [0.15, 0.2) is 9.84 Å². The van der Waals surface area contributed by atoms with Crippen LogP contribution in [0.2, 0.25) is 10.0 Å². The number of sulfone groups is 1. The van der Waals surface area contributed by atoms with Crippen LogP contribution in [0.5, 0.6) is 0 Å². The van der Waals surface area contributed by atoms with E-state index in [1.54, 1.807) is 12.1 Å². The molecule has 0 saturated carbocycles. The van der Waals surface area contributed by atoms with E-state index in [9.17, 15) is 18.0 Å². The van der Waals surface area contributed by atoms with Crippen LogP contribution < -0.4 is 10.6 Å². The second-order valence-corrected chi connectivity index (χ2v) is 9.72. The highest BCUT2D eigenvalue weighted by molar-refractivity contribution is 7.90. The summed E-state index contributed by atoms with van der Waals surface area (Å²) < 4.78 is 23.1. The van der Waals surface area contributed by atoms with E-state index in [2.05, 4.69) is 10.6 Å². The molecule has 2 N–H and O–H groups in total. The molecule has 3 aromatic rings. The van der Waals surface area contributed by atoms with Crippen molar-refractivity contribution in [3.8, 4) is 0 Å². The van der Waals surface area contributed by atoms with Gasteiger partial charge in [-0.2, -0.15) is 0 Å². The third-order valence-corrected chi connectivity index (χ3v) is 6.12.